The molecule has 1 aromatic carbocycles. The van der Waals surface area contributed by atoms with E-state index in [1.807, 2.05) is 13.0 Å². The lowest BCUT2D eigenvalue weighted by Gasteiger charge is -2.14. The molecule has 0 spiro atoms. The highest BCUT2D eigenvalue weighted by molar-refractivity contribution is 6.55. The van der Waals surface area contributed by atoms with E-state index in [9.17, 15) is 0 Å². The molecule has 5 nitrogen and oxygen atoms in total. The van der Waals surface area contributed by atoms with Crippen LogP contribution in [0.5, 0.6) is 11.5 Å². The van der Waals surface area contributed by atoms with Crippen LogP contribution >= 0.6 is 46.4 Å². The monoisotopic (exact) mass is 462 g/mol. The van der Waals surface area contributed by atoms with Gasteiger partial charge >= 0.3 is 0 Å². The topological polar surface area (TPSA) is 52.9 Å². The van der Waals surface area contributed by atoms with Crippen molar-refractivity contribution < 1.29 is 14.3 Å². The van der Waals surface area contributed by atoms with Crippen LogP contribution in [0.2, 0.25) is 10.2 Å². The van der Waals surface area contributed by atoms with Crippen LogP contribution < -0.4 is 9.47 Å². The van der Waals surface area contributed by atoms with Crippen LogP contribution in [0.3, 0.4) is 0 Å². The van der Waals surface area contributed by atoms with Gasteiger partial charge in [0.25, 0.3) is 0 Å². The van der Waals surface area contributed by atoms with Crippen LogP contribution in [-0.2, 0) is 4.84 Å². The largest absolute Gasteiger partial charge is 0.494 e. The summed E-state index contributed by atoms with van der Waals surface area (Å²) < 4.78 is 11.1. The zero-order valence-electron chi connectivity index (χ0n) is 15.4. The summed E-state index contributed by atoms with van der Waals surface area (Å²) in [5, 5.41) is 4.99. The molecule has 0 bridgehead atoms. The minimum atomic E-state index is -0.323. The summed E-state index contributed by atoms with van der Waals surface area (Å²) in [6.07, 6.45) is 2.84. The van der Waals surface area contributed by atoms with Gasteiger partial charge in [-0.15, -0.1) is 0 Å². The normalized spacial score (nSPS) is 12.3. The second kappa shape index (κ2) is 10.8. The van der Waals surface area contributed by atoms with Crippen LogP contribution in [0.4, 0.5) is 0 Å². The van der Waals surface area contributed by atoms with Crippen LogP contribution in [0.1, 0.15) is 31.1 Å². The lowest BCUT2D eigenvalue weighted by molar-refractivity contribution is 0.0721. The van der Waals surface area contributed by atoms with E-state index in [-0.39, 0.29) is 17.2 Å². The van der Waals surface area contributed by atoms with E-state index in [2.05, 4.69) is 10.1 Å². The van der Waals surface area contributed by atoms with Gasteiger partial charge in [0.05, 0.1) is 17.8 Å². The Hall–Kier alpha value is -1.66. The SMILES string of the molecule is COc1c(Cl)cc(OCC=C(Cl)Cl)cc1/C(C)=N/OC(C)c1ccc(Cl)nc1. The zero-order chi connectivity index (χ0) is 20.7. The zero-order valence-corrected chi connectivity index (χ0v) is 18.4. The standard InChI is InChI=1S/C19H18Cl4N2O3/c1-11(25-28-12(2)13-4-5-18(23)24-10-13)15-8-14(27-7-6-17(21)22)9-16(20)19(15)26-3/h4-6,8-10,12H,7H2,1-3H3/b25-11+. The second-order valence-electron chi connectivity index (χ2n) is 5.63. The first-order valence-corrected chi connectivity index (χ1v) is 9.66. The maximum Gasteiger partial charge on any atom is 0.151 e. The Bertz CT molecular complexity index is 866. The summed E-state index contributed by atoms with van der Waals surface area (Å²) in [5.41, 5.74) is 2.03. The van der Waals surface area contributed by atoms with Gasteiger partial charge in [-0.05, 0) is 32.1 Å². The molecule has 1 unspecified atom stereocenters. The van der Waals surface area contributed by atoms with Gasteiger partial charge in [-0.3, -0.25) is 0 Å². The third-order valence-electron chi connectivity index (χ3n) is 3.67. The number of halogens is 4. The maximum absolute atomic E-state index is 6.30. The van der Waals surface area contributed by atoms with Crippen LogP contribution in [0.15, 0.2) is 46.2 Å². The fourth-order valence-corrected chi connectivity index (χ4v) is 2.75. The molecule has 2 rings (SSSR count). The van der Waals surface area contributed by atoms with Crippen molar-refractivity contribution in [1.29, 1.82) is 0 Å². The van der Waals surface area contributed by atoms with Crippen LogP contribution in [0, 0.1) is 0 Å². The van der Waals surface area contributed by atoms with Crippen molar-refractivity contribution in [3.8, 4) is 11.5 Å². The Morgan fingerprint density at radius 3 is 2.61 bits per heavy atom. The minimum Gasteiger partial charge on any atom is -0.494 e. The molecular weight excluding hydrogens is 446 g/mol. The lowest BCUT2D eigenvalue weighted by Crippen LogP contribution is -2.04. The molecule has 0 aliphatic heterocycles. The average Bonchev–Trinajstić information content (AvgIpc) is 2.65. The van der Waals surface area contributed by atoms with Gasteiger partial charge in [0.15, 0.2) is 6.10 Å². The number of methoxy groups -OCH3 is 1. The van der Waals surface area contributed by atoms with Crippen molar-refractivity contribution in [2.45, 2.75) is 20.0 Å². The molecule has 1 atom stereocenters. The maximum atomic E-state index is 6.30. The highest BCUT2D eigenvalue weighted by Crippen LogP contribution is 2.34. The average molecular weight is 464 g/mol. The van der Waals surface area contributed by atoms with Gasteiger partial charge in [-0.2, -0.15) is 0 Å². The summed E-state index contributed by atoms with van der Waals surface area (Å²) in [6.45, 7) is 3.83. The van der Waals surface area contributed by atoms with E-state index >= 15 is 0 Å². The van der Waals surface area contributed by atoms with Gasteiger partial charge in [0.1, 0.15) is 27.8 Å². The number of oxime groups is 1. The number of aromatic nitrogens is 1. The van der Waals surface area contributed by atoms with Gasteiger partial charge in [-0.25, -0.2) is 4.98 Å². The van der Waals surface area contributed by atoms with Gasteiger partial charge in [0, 0.05) is 23.4 Å². The number of ether oxygens (including phenoxy) is 2. The molecule has 0 fully saturated rings. The van der Waals surface area contributed by atoms with Crippen molar-refractivity contribution in [1.82, 2.24) is 4.98 Å². The molecule has 9 heteroatoms. The molecule has 0 radical (unpaired) electrons. The Morgan fingerprint density at radius 2 is 2.00 bits per heavy atom. The van der Waals surface area contributed by atoms with Crippen molar-refractivity contribution >= 4 is 52.1 Å². The fraction of sp³-hybridized carbons (Fsp3) is 0.263. The quantitative estimate of drug-likeness (QED) is 0.251. The Morgan fingerprint density at radius 1 is 1.25 bits per heavy atom. The molecule has 2 aromatic rings. The number of nitrogens with zero attached hydrogens (tertiary/aromatic N) is 2. The van der Waals surface area contributed by atoms with Gasteiger partial charge in [-0.1, -0.05) is 57.6 Å². The molecule has 1 heterocycles. The molecule has 0 amide bonds. The summed E-state index contributed by atoms with van der Waals surface area (Å²) in [6, 6.07) is 6.90. The third-order valence-corrected chi connectivity index (χ3v) is 4.48. The van der Waals surface area contributed by atoms with E-state index in [1.54, 1.807) is 31.3 Å². The summed E-state index contributed by atoms with van der Waals surface area (Å²) in [5.74, 6) is 0.974. The highest BCUT2D eigenvalue weighted by Gasteiger charge is 2.15. The first-order chi connectivity index (χ1) is 13.3. The number of hydrogen-bond donors (Lipinski definition) is 0. The van der Waals surface area contributed by atoms with Gasteiger partial charge < -0.3 is 14.3 Å². The highest BCUT2D eigenvalue weighted by atomic mass is 35.5. The minimum absolute atomic E-state index is 0.122. The summed E-state index contributed by atoms with van der Waals surface area (Å²) in [7, 11) is 1.53. The third kappa shape index (κ3) is 6.45. The fourth-order valence-electron chi connectivity index (χ4n) is 2.22. The number of benzene rings is 1. The predicted octanol–water partition coefficient (Wildman–Crippen LogP) is 6.60. The van der Waals surface area contributed by atoms with Crippen molar-refractivity contribution in [2.75, 3.05) is 13.7 Å². The van der Waals surface area contributed by atoms with E-state index in [0.717, 1.165) is 5.56 Å². The molecule has 0 N–H and O–H groups in total. The summed E-state index contributed by atoms with van der Waals surface area (Å²) in [4.78, 5) is 9.63. The molecule has 0 aliphatic rings. The van der Waals surface area contributed by atoms with E-state index in [1.165, 1.54) is 13.2 Å². The number of hydrogen-bond acceptors (Lipinski definition) is 5. The Balaban J connectivity index is 2.22. The molecule has 150 valence electrons. The molecule has 0 saturated heterocycles. The van der Waals surface area contributed by atoms with Crippen molar-refractivity contribution in [2.24, 2.45) is 5.16 Å². The van der Waals surface area contributed by atoms with Crippen molar-refractivity contribution in [3.63, 3.8) is 0 Å². The molecule has 28 heavy (non-hydrogen) atoms. The molecule has 0 aliphatic carbocycles. The molecule has 0 saturated carbocycles. The van der Waals surface area contributed by atoms with Crippen LogP contribution in [-0.4, -0.2) is 24.4 Å². The molecule has 1 aromatic heterocycles. The summed E-state index contributed by atoms with van der Waals surface area (Å²) >= 11 is 23.3. The van der Waals surface area contributed by atoms with E-state index in [0.29, 0.717) is 32.9 Å². The van der Waals surface area contributed by atoms with Crippen LogP contribution in [0.25, 0.3) is 0 Å². The van der Waals surface area contributed by atoms with Gasteiger partial charge in [0.2, 0.25) is 0 Å². The second-order valence-corrected chi connectivity index (χ2v) is 7.43. The first-order valence-electron chi connectivity index (χ1n) is 8.15. The van der Waals surface area contributed by atoms with E-state index < -0.39 is 0 Å². The number of rotatable bonds is 8. The van der Waals surface area contributed by atoms with E-state index in [4.69, 9.17) is 60.7 Å². The van der Waals surface area contributed by atoms with Crippen molar-refractivity contribution in [3.05, 3.63) is 62.3 Å². The molecular formula is C19H18Cl4N2O3. The lowest BCUT2D eigenvalue weighted by atomic mass is 10.1. The first kappa shape index (κ1) is 22.6. The Labute approximate surface area is 183 Å². The number of pyridine rings is 1. The smallest absolute Gasteiger partial charge is 0.151 e. The Kier molecular flexibility index (Phi) is 8.70. The predicted molar refractivity (Wildman–Crippen MR) is 114 cm³/mol.